The number of aliphatic imine (C=N–C) groups is 1. The molecule has 39 heavy (non-hydrogen) atoms. The second kappa shape index (κ2) is 13.7. The second-order valence-electron chi connectivity index (χ2n) is 8.44. The van der Waals surface area contributed by atoms with Crippen LogP contribution in [0.2, 0.25) is 10.0 Å². The quantitative estimate of drug-likeness (QED) is 0.128. The smallest absolute Gasteiger partial charge is 0.219 e. The lowest BCUT2D eigenvalue weighted by atomic mass is 10.1. The Morgan fingerprint density at radius 1 is 1.21 bits per heavy atom. The van der Waals surface area contributed by atoms with E-state index in [0.717, 1.165) is 0 Å². The van der Waals surface area contributed by atoms with Crippen molar-refractivity contribution in [2.24, 2.45) is 4.99 Å². The van der Waals surface area contributed by atoms with Crippen LogP contribution in [-0.4, -0.2) is 59.8 Å². The van der Waals surface area contributed by atoms with Crippen molar-refractivity contribution in [1.82, 2.24) is 15.2 Å². The summed E-state index contributed by atoms with van der Waals surface area (Å²) in [6.07, 6.45) is 3.47. The van der Waals surface area contributed by atoms with Crippen LogP contribution >= 0.6 is 23.2 Å². The molecule has 0 saturated carbocycles. The summed E-state index contributed by atoms with van der Waals surface area (Å²) in [6.45, 7) is 6.47. The molecule has 0 aliphatic carbocycles. The average molecular weight is 572 g/mol. The fourth-order valence-corrected chi connectivity index (χ4v) is 4.59. The second-order valence-corrected chi connectivity index (χ2v) is 9.26. The van der Waals surface area contributed by atoms with Crippen LogP contribution in [0, 0.1) is 5.82 Å². The number of benzene rings is 2. The number of amidine groups is 1. The van der Waals surface area contributed by atoms with E-state index in [2.05, 4.69) is 21.9 Å². The molecule has 0 radical (unpaired) electrons. The molecule has 1 heterocycles. The minimum atomic E-state index is -0.746. The number of anilines is 2. The number of phenolic OH excluding ortho intramolecular Hbond substituents is 1. The van der Waals surface area contributed by atoms with Gasteiger partial charge in [0.05, 0.1) is 32.6 Å². The number of rotatable bonds is 12. The van der Waals surface area contributed by atoms with Crippen LogP contribution in [0.25, 0.3) is 11.3 Å². The SMILES string of the molecule is C=CCCN(/C(=N/C)c1cc(Cl)c(-c2c(O)cccc2F)nc1N(C=O)c1ccccc1Cl)C(C)CNC=O. The lowest BCUT2D eigenvalue weighted by molar-refractivity contribution is -0.109. The molecule has 1 unspecified atom stereocenters. The van der Waals surface area contributed by atoms with Gasteiger partial charge in [-0.2, -0.15) is 0 Å². The van der Waals surface area contributed by atoms with Crippen LogP contribution in [0.1, 0.15) is 18.9 Å². The van der Waals surface area contributed by atoms with Gasteiger partial charge in [0.1, 0.15) is 17.4 Å². The molecule has 3 rings (SSSR count). The van der Waals surface area contributed by atoms with Crippen molar-refractivity contribution < 1.29 is 19.1 Å². The lowest BCUT2D eigenvalue weighted by Gasteiger charge is -2.33. The molecule has 2 amide bonds. The van der Waals surface area contributed by atoms with Crippen molar-refractivity contribution in [1.29, 1.82) is 0 Å². The summed E-state index contributed by atoms with van der Waals surface area (Å²) in [5, 5.41) is 13.4. The Hall–Kier alpha value is -3.95. The molecule has 0 spiro atoms. The maximum absolute atomic E-state index is 14.9. The molecular formula is C28H28Cl2FN5O3. The molecule has 204 valence electrons. The van der Waals surface area contributed by atoms with E-state index in [1.54, 1.807) is 37.4 Å². The number of carbonyl (C=O) groups excluding carboxylic acids is 2. The van der Waals surface area contributed by atoms with Crippen molar-refractivity contribution in [3.8, 4) is 17.0 Å². The largest absolute Gasteiger partial charge is 0.507 e. The number of aromatic hydroxyl groups is 1. The zero-order valence-electron chi connectivity index (χ0n) is 21.4. The van der Waals surface area contributed by atoms with Gasteiger partial charge in [-0.1, -0.05) is 47.5 Å². The highest BCUT2D eigenvalue weighted by molar-refractivity contribution is 6.34. The van der Waals surface area contributed by atoms with E-state index in [4.69, 9.17) is 23.2 Å². The third-order valence-corrected chi connectivity index (χ3v) is 6.57. The fraction of sp³-hybridized carbons (Fsp3) is 0.214. The maximum Gasteiger partial charge on any atom is 0.219 e. The van der Waals surface area contributed by atoms with Crippen molar-refractivity contribution in [2.45, 2.75) is 19.4 Å². The Morgan fingerprint density at radius 3 is 2.56 bits per heavy atom. The van der Waals surface area contributed by atoms with Crippen LogP contribution in [0.5, 0.6) is 5.75 Å². The molecule has 2 N–H and O–H groups in total. The van der Waals surface area contributed by atoms with Gasteiger partial charge in [0.25, 0.3) is 0 Å². The molecule has 3 aromatic rings. The highest BCUT2D eigenvalue weighted by Crippen LogP contribution is 2.40. The Kier molecular flexibility index (Phi) is 10.4. The number of halogens is 3. The first-order valence-electron chi connectivity index (χ1n) is 12.0. The van der Waals surface area contributed by atoms with Crippen LogP contribution in [0.3, 0.4) is 0 Å². The van der Waals surface area contributed by atoms with Crippen LogP contribution in [-0.2, 0) is 9.59 Å². The first-order valence-corrected chi connectivity index (χ1v) is 12.7. The summed E-state index contributed by atoms with van der Waals surface area (Å²) in [7, 11) is 1.57. The minimum absolute atomic E-state index is 0.0163. The number of nitrogens with zero attached hydrogens (tertiary/aromatic N) is 4. The molecule has 1 atom stereocenters. The lowest BCUT2D eigenvalue weighted by Crippen LogP contribution is -2.45. The van der Waals surface area contributed by atoms with Crippen LogP contribution in [0.15, 0.2) is 66.2 Å². The van der Waals surface area contributed by atoms with Gasteiger partial charge in [-0.15, -0.1) is 6.58 Å². The number of hydrogen-bond donors (Lipinski definition) is 2. The maximum atomic E-state index is 14.9. The van der Waals surface area contributed by atoms with Crippen molar-refractivity contribution in [3.05, 3.63) is 82.6 Å². The zero-order valence-corrected chi connectivity index (χ0v) is 23.0. The van der Waals surface area contributed by atoms with Gasteiger partial charge in [-0.05, 0) is 43.7 Å². The van der Waals surface area contributed by atoms with Gasteiger partial charge in [0.2, 0.25) is 12.8 Å². The van der Waals surface area contributed by atoms with Crippen molar-refractivity contribution in [3.63, 3.8) is 0 Å². The molecule has 0 aliphatic heterocycles. The van der Waals surface area contributed by atoms with E-state index in [9.17, 15) is 19.1 Å². The summed E-state index contributed by atoms with van der Waals surface area (Å²) in [4.78, 5) is 35.8. The molecule has 0 bridgehead atoms. The van der Waals surface area contributed by atoms with Crippen LogP contribution in [0.4, 0.5) is 15.9 Å². The number of nitrogens with one attached hydrogen (secondary N) is 1. The zero-order chi connectivity index (χ0) is 28.5. The molecule has 1 aromatic heterocycles. The summed E-state index contributed by atoms with van der Waals surface area (Å²) in [5.41, 5.74) is 0.366. The molecule has 0 fully saturated rings. The predicted octanol–water partition coefficient (Wildman–Crippen LogP) is 5.58. The first-order chi connectivity index (χ1) is 18.8. The normalized spacial score (nSPS) is 12.0. The number of phenols is 1. The van der Waals surface area contributed by atoms with E-state index in [1.807, 2.05) is 11.8 Å². The standard InChI is InChI=1S/C28H28Cl2FN5O3/c1-4-5-13-35(18(2)15-33-16-37)27(32-3)19-14-21(30)26(25-22(31)10-8-12-24(25)39)34-28(19)36(17-38)23-11-7-6-9-20(23)29/h4,6-12,14,16-18,39H,1,5,13,15H2,2-3H3,(H,33,37)/b32-27+. The molecule has 2 aromatic carbocycles. The van der Waals surface area contributed by atoms with Crippen LogP contribution < -0.4 is 10.2 Å². The Labute approximate surface area is 236 Å². The minimum Gasteiger partial charge on any atom is -0.507 e. The summed E-state index contributed by atoms with van der Waals surface area (Å²) in [5.74, 6) is -0.655. The highest BCUT2D eigenvalue weighted by Gasteiger charge is 2.28. The number of aromatic nitrogens is 1. The number of pyridine rings is 1. The van der Waals surface area contributed by atoms with Gasteiger partial charge in [0, 0.05) is 26.2 Å². The van der Waals surface area contributed by atoms with E-state index < -0.39 is 5.82 Å². The molecule has 0 aliphatic rings. The Morgan fingerprint density at radius 2 is 1.95 bits per heavy atom. The van der Waals surface area contributed by atoms with Gasteiger partial charge in [0.15, 0.2) is 5.82 Å². The van der Waals surface area contributed by atoms with Crippen molar-refractivity contribution in [2.75, 3.05) is 25.0 Å². The number of para-hydroxylation sites is 1. The Balaban J connectivity index is 2.34. The summed E-state index contributed by atoms with van der Waals surface area (Å²) in [6, 6.07) is 11.8. The number of carbonyl (C=O) groups is 2. The summed E-state index contributed by atoms with van der Waals surface area (Å²) < 4.78 is 14.9. The number of amides is 2. The molecule has 0 saturated heterocycles. The third-order valence-electron chi connectivity index (χ3n) is 5.96. The topological polar surface area (TPSA) is 98.1 Å². The van der Waals surface area contributed by atoms with Crippen molar-refractivity contribution >= 4 is 53.4 Å². The third kappa shape index (κ3) is 6.55. The fourth-order valence-electron chi connectivity index (χ4n) is 4.12. The van der Waals surface area contributed by atoms with E-state index in [1.165, 1.54) is 29.2 Å². The molecular weight excluding hydrogens is 544 g/mol. The monoisotopic (exact) mass is 571 g/mol. The highest BCUT2D eigenvalue weighted by atomic mass is 35.5. The van der Waals surface area contributed by atoms with Gasteiger partial charge >= 0.3 is 0 Å². The van der Waals surface area contributed by atoms with E-state index in [-0.39, 0.29) is 38.9 Å². The van der Waals surface area contributed by atoms with Gasteiger partial charge in [-0.25, -0.2) is 9.37 Å². The summed E-state index contributed by atoms with van der Waals surface area (Å²) >= 11 is 13.1. The van der Waals surface area contributed by atoms with E-state index >= 15 is 0 Å². The number of hydrogen-bond acceptors (Lipinski definition) is 5. The average Bonchev–Trinajstić information content (AvgIpc) is 2.92. The van der Waals surface area contributed by atoms with Gasteiger partial charge in [-0.3, -0.25) is 19.5 Å². The van der Waals surface area contributed by atoms with Gasteiger partial charge < -0.3 is 15.3 Å². The molecule has 11 heteroatoms. The van der Waals surface area contributed by atoms with E-state index in [0.29, 0.717) is 49.4 Å². The first kappa shape index (κ1) is 29.6. The Bertz CT molecular complexity index is 1370. The molecule has 8 nitrogen and oxygen atoms in total. The predicted molar refractivity (Wildman–Crippen MR) is 153 cm³/mol.